The van der Waals surface area contributed by atoms with Crippen LogP contribution in [0, 0.1) is 5.82 Å². The Labute approximate surface area is 137 Å². The highest BCUT2D eigenvalue weighted by atomic mass is 19.1. The van der Waals surface area contributed by atoms with Gasteiger partial charge in [-0.15, -0.1) is 0 Å². The number of rotatable bonds is 4. The van der Waals surface area contributed by atoms with Crippen LogP contribution < -0.4 is 5.32 Å². The molecular weight excluding hydrogens is 293 g/mol. The topological polar surface area (TPSA) is 35.6 Å². The van der Waals surface area contributed by atoms with Gasteiger partial charge in [0, 0.05) is 32.2 Å². The molecule has 0 aliphatic carbocycles. The molecule has 1 N–H and O–H groups in total. The van der Waals surface area contributed by atoms with E-state index in [4.69, 9.17) is 0 Å². The first-order chi connectivity index (χ1) is 11.1. The first kappa shape index (κ1) is 16.2. The molecule has 126 valence electrons. The van der Waals surface area contributed by atoms with Crippen LogP contribution in [-0.4, -0.2) is 54.0 Å². The fourth-order valence-electron chi connectivity index (χ4n) is 3.59. The summed E-state index contributed by atoms with van der Waals surface area (Å²) in [5.74, 6) is 0.0653. The second-order valence-electron chi connectivity index (χ2n) is 6.64. The van der Waals surface area contributed by atoms with Crippen molar-refractivity contribution in [2.24, 2.45) is 0 Å². The number of hydrogen-bond donors (Lipinski definition) is 1. The Hall–Kier alpha value is -1.62. The summed E-state index contributed by atoms with van der Waals surface area (Å²) in [7, 11) is 0. The Morgan fingerprint density at radius 1 is 1.17 bits per heavy atom. The number of anilines is 1. The SMILES string of the molecule is C[C@@H](C(=O)N1CCCC1)N1CCC(Nc2ccccc2F)CC1. The molecule has 1 amide bonds. The predicted octanol–water partition coefficient (Wildman–Crippen LogP) is 2.71. The second kappa shape index (κ2) is 7.30. The van der Waals surface area contributed by atoms with Crippen LogP contribution in [0.2, 0.25) is 0 Å². The van der Waals surface area contributed by atoms with Gasteiger partial charge in [-0.05, 0) is 44.7 Å². The molecule has 1 aromatic carbocycles. The lowest BCUT2D eigenvalue weighted by Gasteiger charge is -2.37. The van der Waals surface area contributed by atoms with E-state index in [1.54, 1.807) is 12.1 Å². The maximum absolute atomic E-state index is 13.7. The van der Waals surface area contributed by atoms with Crippen molar-refractivity contribution in [3.05, 3.63) is 30.1 Å². The number of carbonyl (C=O) groups is 1. The van der Waals surface area contributed by atoms with Gasteiger partial charge in [0.1, 0.15) is 5.82 Å². The molecule has 1 aromatic rings. The normalized spacial score (nSPS) is 21.4. The quantitative estimate of drug-likeness (QED) is 0.927. The minimum Gasteiger partial charge on any atom is -0.380 e. The van der Waals surface area contributed by atoms with E-state index in [1.165, 1.54) is 6.07 Å². The van der Waals surface area contributed by atoms with Crippen LogP contribution in [0.4, 0.5) is 10.1 Å². The number of para-hydroxylation sites is 1. The third-order valence-corrected chi connectivity index (χ3v) is 5.09. The van der Waals surface area contributed by atoms with Crippen LogP contribution in [-0.2, 0) is 4.79 Å². The molecule has 5 heteroatoms. The highest BCUT2D eigenvalue weighted by molar-refractivity contribution is 5.81. The highest BCUT2D eigenvalue weighted by Crippen LogP contribution is 2.21. The molecular formula is C18H26FN3O. The van der Waals surface area contributed by atoms with Crippen LogP contribution in [0.15, 0.2) is 24.3 Å². The fourth-order valence-corrected chi connectivity index (χ4v) is 3.59. The molecule has 2 fully saturated rings. The van der Waals surface area contributed by atoms with Crippen LogP contribution in [0.1, 0.15) is 32.6 Å². The number of carbonyl (C=O) groups excluding carboxylic acids is 1. The van der Waals surface area contributed by atoms with Gasteiger partial charge in [0.25, 0.3) is 0 Å². The zero-order valence-electron chi connectivity index (χ0n) is 13.8. The number of nitrogens with one attached hydrogen (secondary N) is 1. The summed E-state index contributed by atoms with van der Waals surface area (Å²) in [4.78, 5) is 16.7. The van der Waals surface area contributed by atoms with Crippen molar-refractivity contribution >= 4 is 11.6 Å². The number of nitrogens with zero attached hydrogens (tertiary/aromatic N) is 2. The predicted molar refractivity (Wildman–Crippen MR) is 89.9 cm³/mol. The van der Waals surface area contributed by atoms with Crippen LogP contribution >= 0.6 is 0 Å². The van der Waals surface area contributed by atoms with Gasteiger partial charge < -0.3 is 10.2 Å². The zero-order chi connectivity index (χ0) is 16.2. The Bertz CT molecular complexity index is 537. The van der Waals surface area contributed by atoms with Gasteiger partial charge in [-0.3, -0.25) is 9.69 Å². The van der Waals surface area contributed by atoms with E-state index in [0.29, 0.717) is 5.69 Å². The van der Waals surface area contributed by atoms with Crippen LogP contribution in [0.3, 0.4) is 0 Å². The minimum atomic E-state index is -0.201. The molecule has 23 heavy (non-hydrogen) atoms. The summed E-state index contributed by atoms with van der Waals surface area (Å²) in [6, 6.07) is 7.04. The molecule has 2 aliphatic heterocycles. The Kier molecular flexibility index (Phi) is 5.16. The summed E-state index contributed by atoms with van der Waals surface area (Å²) in [6.07, 6.45) is 4.14. The molecule has 0 bridgehead atoms. The van der Waals surface area contributed by atoms with Crippen molar-refractivity contribution < 1.29 is 9.18 Å². The summed E-state index contributed by atoms with van der Waals surface area (Å²) in [6.45, 7) is 5.61. The standard InChI is InChI=1S/C18H26FN3O/c1-14(18(23)22-10-4-5-11-22)21-12-8-15(9-13-21)20-17-7-3-2-6-16(17)19/h2-3,6-7,14-15,20H,4-5,8-13H2,1H3/t14-/m0/s1. The Morgan fingerprint density at radius 2 is 1.83 bits per heavy atom. The van der Waals surface area contributed by atoms with Crippen molar-refractivity contribution in [1.82, 2.24) is 9.80 Å². The fraction of sp³-hybridized carbons (Fsp3) is 0.611. The molecule has 2 saturated heterocycles. The van der Waals surface area contributed by atoms with E-state index in [9.17, 15) is 9.18 Å². The Morgan fingerprint density at radius 3 is 2.48 bits per heavy atom. The maximum Gasteiger partial charge on any atom is 0.239 e. The number of hydrogen-bond acceptors (Lipinski definition) is 3. The Balaban J connectivity index is 1.50. The van der Waals surface area contributed by atoms with Gasteiger partial charge in [0.05, 0.1) is 11.7 Å². The molecule has 4 nitrogen and oxygen atoms in total. The summed E-state index contributed by atoms with van der Waals surface area (Å²) in [5, 5.41) is 3.30. The summed E-state index contributed by atoms with van der Waals surface area (Å²) < 4.78 is 13.7. The van der Waals surface area contributed by atoms with Crippen molar-refractivity contribution in [3.8, 4) is 0 Å². The van der Waals surface area contributed by atoms with Gasteiger partial charge in [0.15, 0.2) is 0 Å². The average Bonchev–Trinajstić information content (AvgIpc) is 3.11. The average molecular weight is 319 g/mol. The molecule has 2 aliphatic rings. The van der Waals surface area contributed by atoms with Gasteiger partial charge in [-0.2, -0.15) is 0 Å². The highest BCUT2D eigenvalue weighted by Gasteiger charge is 2.30. The van der Waals surface area contributed by atoms with E-state index in [1.807, 2.05) is 17.9 Å². The molecule has 0 spiro atoms. The molecule has 0 radical (unpaired) electrons. The smallest absolute Gasteiger partial charge is 0.239 e. The maximum atomic E-state index is 13.7. The number of benzene rings is 1. The van der Waals surface area contributed by atoms with Crippen LogP contribution in [0.25, 0.3) is 0 Å². The molecule has 0 unspecified atom stereocenters. The first-order valence-electron chi connectivity index (χ1n) is 8.69. The van der Waals surface area contributed by atoms with Crippen molar-refractivity contribution in [2.75, 3.05) is 31.5 Å². The van der Waals surface area contributed by atoms with Crippen LogP contribution in [0.5, 0.6) is 0 Å². The van der Waals surface area contributed by atoms with Gasteiger partial charge in [-0.25, -0.2) is 4.39 Å². The molecule has 0 aromatic heterocycles. The number of halogens is 1. The van der Waals surface area contributed by atoms with E-state index >= 15 is 0 Å². The molecule has 2 heterocycles. The lowest BCUT2D eigenvalue weighted by Crippen LogP contribution is -2.50. The van der Waals surface area contributed by atoms with Crippen molar-refractivity contribution in [3.63, 3.8) is 0 Å². The van der Waals surface area contributed by atoms with E-state index in [-0.39, 0.29) is 23.8 Å². The second-order valence-corrected chi connectivity index (χ2v) is 6.64. The number of piperidine rings is 1. The van der Waals surface area contributed by atoms with E-state index in [0.717, 1.165) is 51.9 Å². The lowest BCUT2D eigenvalue weighted by atomic mass is 10.0. The zero-order valence-corrected chi connectivity index (χ0v) is 13.8. The minimum absolute atomic E-state index is 0.0393. The largest absolute Gasteiger partial charge is 0.380 e. The molecule has 0 saturated carbocycles. The lowest BCUT2D eigenvalue weighted by molar-refractivity contribution is -0.135. The van der Waals surface area contributed by atoms with E-state index < -0.39 is 0 Å². The van der Waals surface area contributed by atoms with Crippen molar-refractivity contribution in [2.45, 2.75) is 44.7 Å². The summed E-state index contributed by atoms with van der Waals surface area (Å²) >= 11 is 0. The third-order valence-electron chi connectivity index (χ3n) is 5.09. The first-order valence-corrected chi connectivity index (χ1v) is 8.69. The number of amides is 1. The number of likely N-dealkylation sites (tertiary alicyclic amines) is 2. The summed E-state index contributed by atoms with van der Waals surface area (Å²) in [5.41, 5.74) is 0.576. The van der Waals surface area contributed by atoms with Gasteiger partial charge >= 0.3 is 0 Å². The van der Waals surface area contributed by atoms with Gasteiger partial charge in [-0.1, -0.05) is 12.1 Å². The third kappa shape index (κ3) is 3.83. The van der Waals surface area contributed by atoms with E-state index in [2.05, 4.69) is 10.2 Å². The molecule has 1 atom stereocenters. The van der Waals surface area contributed by atoms with Crippen molar-refractivity contribution in [1.29, 1.82) is 0 Å². The monoisotopic (exact) mass is 319 g/mol. The van der Waals surface area contributed by atoms with Gasteiger partial charge in [0.2, 0.25) is 5.91 Å². The molecule has 3 rings (SSSR count).